The van der Waals surface area contributed by atoms with Gasteiger partial charge in [-0.25, -0.2) is 4.68 Å². The van der Waals surface area contributed by atoms with Crippen LogP contribution >= 0.6 is 23.2 Å². The van der Waals surface area contributed by atoms with Gasteiger partial charge in [0.2, 0.25) is 0 Å². The van der Waals surface area contributed by atoms with E-state index < -0.39 is 0 Å². The quantitative estimate of drug-likeness (QED) is 0.807. The van der Waals surface area contributed by atoms with Crippen molar-refractivity contribution in [3.05, 3.63) is 46.1 Å². The molecule has 1 aliphatic rings. The lowest BCUT2D eigenvalue weighted by Gasteiger charge is -2.17. The van der Waals surface area contributed by atoms with Crippen LogP contribution in [0, 0.1) is 0 Å². The zero-order valence-electron chi connectivity index (χ0n) is 14.3. The number of nitrogens with one attached hydrogen (secondary N) is 2. The molecule has 1 aromatic heterocycles. The van der Waals surface area contributed by atoms with Gasteiger partial charge in [-0.1, -0.05) is 42.1 Å². The van der Waals surface area contributed by atoms with Gasteiger partial charge < -0.3 is 10.2 Å². The van der Waals surface area contributed by atoms with Crippen LogP contribution in [-0.4, -0.2) is 29.3 Å². The molecule has 0 aliphatic heterocycles. The monoisotopic (exact) mass is 381 g/mol. The van der Waals surface area contributed by atoms with Crippen molar-refractivity contribution >= 4 is 34.9 Å². The van der Waals surface area contributed by atoms with E-state index in [9.17, 15) is 4.79 Å². The van der Waals surface area contributed by atoms with Crippen molar-refractivity contribution in [2.24, 2.45) is 0 Å². The van der Waals surface area contributed by atoms with Crippen LogP contribution in [0.25, 0.3) is 0 Å². The van der Waals surface area contributed by atoms with Gasteiger partial charge in [0.15, 0.2) is 6.54 Å². The summed E-state index contributed by atoms with van der Waals surface area (Å²) in [5, 5.41) is 8.62. The minimum Gasteiger partial charge on any atom is -0.326 e. The molecule has 3 rings (SSSR count). The number of amides is 1. The Morgan fingerprint density at radius 2 is 2.08 bits per heavy atom. The molecular weight excluding hydrogens is 359 g/mol. The zero-order chi connectivity index (χ0) is 17.8. The number of likely N-dealkylation sites (N-methyl/N-ethyl adjacent to an activating group) is 1. The number of quaternary nitrogens is 1. The molecule has 2 N–H and O–H groups in total. The van der Waals surface area contributed by atoms with Gasteiger partial charge in [0.05, 0.1) is 24.3 Å². The molecule has 134 valence electrons. The van der Waals surface area contributed by atoms with Crippen molar-refractivity contribution in [3.63, 3.8) is 0 Å². The van der Waals surface area contributed by atoms with Gasteiger partial charge in [0.1, 0.15) is 12.4 Å². The van der Waals surface area contributed by atoms with Crippen molar-refractivity contribution in [2.75, 3.05) is 18.9 Å². The first-order chi connectivity index (χ1) is 12.0. The third-order valence-corrected chi connectivity index (χ3v) is 5.16. The number of anilines is 1. The fourth-order valence-corrected chi connectivity index (χ4v) is 3.84. The van der Waals surface area contributed by atoms with Gasteiger partial charge in [-0.3, -0.25) is 4.79 Å². The summed E-state index contributed by atoms with van der Waals surface area (Å²) in [5.74, 6) is 0.761. The molecule has 2 aromatic rings. The number of halogens is 2. The van der Waals surface area contributed by atoms with Gasteiger partial charge in [-0.2, -0.15) is 5.10 Å². The first-order valence-corrected chi connectivity index (χ1v) is 9.37. The summed E-state index contributed by atoms with van der Waals surface area (Å²) in [7, 11) is 1.97. The van der Waals surface area contributed by atoms with Gasteiger partial charge in [0.25, 0.3) is 5.91 Å². The Morgan fingerprint density at radius 1 is 1.32 bits per heavy atom. The minimum absolute atomic E-state index is 0.0256. The summed E-state index contributed by atoms with van der Waals surface area (Å²) in [4.78, 5) is 13.4. The van der Waals surface area contributed by atoms with Gasteiger partial charge in [0, 0.05) is 16.7 Å². The maximum atomic E-state index is 12.4. The van der Waals surface area contributed by atoms with Crippen LogP contribution in [0.15, 0.2) is 30.5 Å². The Labute approximate surface area is 157 Å². The summed E-state index contributed by atoms with van der Waals surface area (Å²) in [6.45, 7) is 1.01. The van der Waals surface area contributed by atoms with E-state index in [1.54, 1.807) is 12.3 Å². The van der Waals surface area contributed by atoms with Crippen LogP contribution in [0.1, 0.15) is 37.3 Å². The number of aromatic nitrogens is 2. The molecular formula is C18H23Cl2N4O+. The van der Waals surface area contributed by atoms with Gasteiger partial charge in [-0.05, 0) is 25.0 Å². The predicted octanol–water partition coefficient (Wildman–Crippen LogP) is 2.96. The summed E-state index contributed by atoms with van der Waals surface area (Å²) < 4.78 is 1.95. The lowest BCUT2D eigenvalue weighted by Crippen LogP contribution is -3.08. The number of nitrogens with zero attached hydrogens (tertiary/aromatic N) is 2. The Hall–Kier alpha value is -1.56. The highest BCUT2D eigenvalue weighted by Gasteiger charge is 2.21. The first kappa shape index (κ1) is 18.2. The van der Waals surface area contributed by atoms with Crippen LogP contribution in [0.2, 0.25) is 10.0 Å². The first-order valence-electron chi connectivity index (χ1n) is 8.61. The second kappa shape index (κ2) is 8.21. The van der Waals surface area contributed by atoms with E-state index in [4.69, 9.17) is 23.2 Å². The molecule has 1 atom stereocenters. The highest BCUT2D eigenvalue weighted by atomic mass is 35.5. The average molecular weight is 382 g/mol. The summed E-state index contributed by atoms with van der Waals surface area (Å²) in [5.41, 5.74) is 0.979. The maximum Gasteiger partial charge on any atom is 0.280 e. The van der Waals surface area contributed by atoms with Crippen molar-refractivity contribution in [1.82, 2.24) is 9.78 Å². The molecule has 1 heterocycles. The molecule has 1 fully saturated rings. The second-order valence-corrected chi connectivity index (χ2v) is 7.54. The summed E-state index contributed by atoms with van der Waals surface area (Å²) in [6, 6.07) is 7.72. The van der Waals surface area contributed by atoms with E-state index in [1.807, 2.05) is 29.9 Å². The van der Waals surface area contributed by atoms with Gasteiger partial charge >= 0.3 is 0 Å². The Morgan fingerprint density at radius 3 is 2.80 bits per heavy atom. The summed E-state index contributed by atoms with van der Waals surface area (Å²) in [6.07, 6.45) is 6.47. The normalized spacial score (nSPS) is 16.1. The highest BCUT2D eigenvalue weighted by Crippen LogP contribution is 2.31. The molecule has 7 heteroatoms. The lowest BCUT2D eigenvalue weighted by atomic mass is 10.2. The number of hydrogen-bond donors (Lipinski definition) is 2. The van der Waals surface area contributed by atoms with Crippen molar-refractivity contribution < 1.29 is 9.69 Å². The minimum atomic E-state index is -0.0256. The lowest BCUT2D eigenvalue weighted by molar-refractivity contribution is -0.885. The molecule has 0 spiro atoms. The smallest absolute Gasteiger partial charge is 0.280 e. The Kier molecular flexibility index (Phi) is 5.99. The van der Waals surface area contributed by atoms with E-state index in [2.05, 4.69) is 10.4 Å². The van der Waals surface area contributed by atoms with Crippen LogP contribution < -0.4 is 10.2 Å². The van der Waals surface area contributed by atoms with E-state index in [1.165, 1.54) is 12.8 Å². The van der Waals surface area contributed by atoms with Crippen molar-refractivity contribution in [3.8, 4) is 0 Å². The Balaban J connectivity index is 1.56. The van der Waals surface area contributed by atoms with Crippen molar-refractivity contribution in [2.45, 2.75) is 38.3 Å². The number of hydrogen-bond acceptors (Lipinski definition) is 2. The molecule has 1 amide bonds. The molecule has 1 saturated carbocycles. The van der Waals surface area contributed by atoms with Crippen LogP contribution in [-0.2, 0) is 11.3 Å². The number of carbonyl (C=O) groups is 1. The molecule has 1 aromatic carbocycles. The average Bonchev–Trinajstić information content (AvgIpc) is 3.20. The molecule has 1 aliphatic carbocycles. The Bertz CT molecular complexity index is 740. The molecule has 1 unspecified atom stereocenters. The number of benzene rings is 1. The molecule has 25 heavy (non-hydrogen) atoms. The predicted molar refractivity (Wildman–Crippen MR) is 100 cm³/mol. The van der Waals surface area contributed by atoms with E-state index in [-0.39, 0.29) is 5.91 Å². The largest absolute Gasteiger partial charge is 0.326 e. The SMILES string of the molecule is C[NH+](CC(=O)Nc1ccnn1C1CCCC1)Cc1ccc(Cl)cc1Cl. The molecule has 0 saturated heterocycles. The fraction of sp³-hybridized carbons (Fsp3) is 0.444. The molecule has 5 nitrogen and oxygen atoms in total. The number of carbonyl (C=O) groups excluding carboxylic acids is 1. The maximum absolute atomic E-state index is 12.4. The van der Waals surface area contributed by atoms with E-state index in [0.717, 1.165) is 29.1 Å². The highest BCUT2D eigenvalue weighted by molar-refractivity contribution is 6.35. The second-order valence-electron chi connectivity index (χ2n) is 6.69. The molecule has 0 radical (unpaired) electrons. The van der Waals surface area contributed by atoms with Crippen LogP contribution in [0.5, 0.6) is 0 Å². The molecule has 0 bridgehead atoms. The van der Waals surface area contributed by atoms with E-state index in [0.29, 0.717) is 29.2 Å². The standard InChI is InChI=1S/C18H22Cl2N4O/c1-23(11-13-6-7-14(19)10-16(13)20)12-18(25)22-17-8-9-21-24(17)15-4-2-3-5-15/h6-10,15H,2-5,11-12H2,1H3,(H,22,25)/p+1. The summed E-state index contributed by atoms with van der Waals surface area (Å²) >= 11 is 12.1. The third kappa shape index (κ3) is 4.75. The topological polar surface area (TPSA) is 51.4 Å². The van der Waals surface area contributed by atoms with Gasteiger partial charge in [-0.15, -0.1) is 0 Å². The fourth-order valence-electron chi connectivity index (χ4n) is 3.37. The van der Waals surface area contributed by atoms with Crippen LogP contribution in [0.3, 0.4) is 0 Å². The van der Waals surface area contributed by atoms with E-state index >= 15 is 0 Å². The van der Waals surface area contributed by atoms with Crippen LogP contribution in [0.4, 0.5) is 5.82 Å². The third-order valence-electron chi connectivity index (χ3n) is 4.58. The zero-order valence-corrected chi connectivity index (χ0v) is 15.8. The van der Waals surface area contributed by atoms with Crippen molar-refractivity contribution in [1.29, 1.82) is 0 Å². The number of rotatable bonds is 6.